The van der Waals surface area contributed by atoms with E-state index in [1.807, 2.05) is 0 Å². The Morgan fingerprint density at radius 2 is 2.25 bits per heavy atom. The van der Waals surface area contributed by atoms with E-state index in [-0.39, 0.29) is 5.82 Å². The molecular weight excluding hydrogens is 242 g/mol. The van der Waals surface area contributed by atoms with Gasteiger partial charge < -0.3 is 0 Å². The fraction of sp³-hybridized carbons (Fsp3) is 0.111. The molecule has 0 aliphatic heterocycles. The van der Waals surface area contributed by atoms with Crippen molar-refractivity contribution in [2.75, 3.05) is 5.88 Å². The monoisotopic (exact) mass is 248 g/mol. The second-order valence-corrected chi connectivity index (χ2v) is 3.49. The van der Waals surface area contributed by atoms with Crippen LogP contribution in [0.1, 0.15) is 5.56 Å². The molecule has 0 nitrogen and oxygen atoms in total. The van der Waals surface area contributed by atoms with Gasteiger partial charge in [0.1, 0.15) is 5.82 Å². The van der Waals surface area contributed by atoms with Crippen molar-refractivity contribution in [2.24, 2.45) is 0 Å². The van der Waals surface area contributed by atoms with Gasteiger partial charge in [0.2, 0.25) is 0 Å². The Morgan fingerprint density at radius 3 is 2.75 bits per heavy atom. The van der Waals surface area contributed by atoms with E-state index in [2.05, 4.69) is 22.5 Å². The summed E-state index contributed by atoms with van der Waals surface area (Å²) in [6.45, 7) is 3.70. The lowest BCUT2D eigenvalue weighted by atomic mass is 10.1. The normalized spacial score (nSPS) is 9.92. The van der Waals surface area contributed by atoms with E-state index in [0.717, 1.165) is 11.1 Å². The maximum Gasteiger partial charge on any atom is 0.137 e. The van der Waals surface area contributed by atoms with Gasteiger partial charge >= 0.3 is 0 Å². The summed E-state index contributed by atoms with van der Waals surface area (Å²) in [4.78, 5) is 0. The largest absolute Gasteiger partial charge is 0.206 e. The summed E-state index contributed by atoms with van der Waals surface area (Å²) in [5.74, 6) is 0.0277. The fourth-order valence-electron chi connectivity index (χ4n) is 0.793. The Bertz CT molecular complexity index is 309. The molecule has 0 spiro atoms. The molecule has 0 amide bonds. The van der Waals surface area contributed by atoms with Gasteiger partial charge in [-0.3, -0.25) is 0 Å². The number of halogens is 3. The van der Waals surface area contributed by atoms with Crippen LogP contribution in [0.3, 0.4) is 0 Å². The molecule has 0 heterocycles. The highest BCUT2D eigenvalue weighted by atomic mass is 79.9. The van der Waals surface area contributed by atoms with Gasteiger partial charge in [-0.25, -0.2) is 4.39 Å². The molecule has 0 aliphatic rings. The summed E-state index contributed by atoms with van der Waals surface area (Å²) >= 11 is 8.61. The predicted molar refractivity (Wildman–Crippen MR) is 53.9 cm³/mol. The van der Waals surface area contributed by atoms with E-state index in [0.29, 0.717) is 10.4 Å². The Kier molecular flexibility index (Phi) is 3.29. The quantitative estimate of drug-likeness (QED) is 0.699. The van der Waals surface area contributed by atoms with E-state index in [4.69, 9.17) is 11.6 Å². The van der Waals surface area contributed by atoms with Gasteiger partial charge in [0, 0.05) is 5.88 Å². The Morgan fingerprint density at radius 1 is 1.58 bits per heavy atom. The van der Waals surface area contributed by atoms with Crippen LogP contribution in [0.25, 0.3) is 5.57 Å². The molecule has 0 saturated heterocycles. The molecule has 0 bridgehead atoms. The zero-order valence-electron chi connectivity index (χ0n) is 6.28. The van der Waals surface area contributed by atoms with Crippen molar-refractivity contribution < 1.29 is 4.39 Å². The molecule has 0 N–H and O–H groups in total. The van der Waals surface area contributed by atoms with Crippen molar-refractivity contribution in [2.45, 2.75) is 0 Å². The maximum atomic E-state index is 12.9. The van der Waals surface area contributed by atoms with Crippen LogP contribution in [0.5, 0.6) is 0 Å². The van der Waals surface area contributed by atoms with Gasteiger partial charge in [0.15, 0.2) is 0 Å². The van der Waals surface area contributed by atoms with E-state index in [9.17, 15) is 4.39 Å². The van der Waals surface area contributed by atoms with Crippen LogP contribution in [0.15, 0.2) is 29.3 Å². The molecule has 0 atom stereocenters. The first-order valence-electron chi connectivity index (χ1n) is 3.34. The van der Waals surface area contributed by atoms with Crippen LogP contribution in [0, 0.1) is 5.82 Å². The standard InChI is InChI=1S/C9H7BrClF/c1-6(5-11)7-2-3-8(10)9(12)4-7/h2-4H,1,5H2. The zero-order valence-corrected chi connectivity index (χ0v) is 8.62. The van der Waals surface area contributed by atoms with Crippen molar-refractivity contribution in [1.82, 2.24) is 0 Å². The second-order valence-electron chi connectivity index (χ2n) is 2.37. The number of alkyl halides is 1. The summed E-state index contributed by atoms with van der Waals surface area (Å²) in [7, 11) is 0. The van der Waals surface area contributed by atoms with Crippen LogP contribution >= 0.6 is 27.5 Å². The summed E-state index contributed by atoms with van der Waals surface area (Å²) in [5.41, 5.74) is 1.47. The van der Waals surface area contributed by atoms with Crippen LogP contribution < -0.4 is 0 Å². The first-order chi connectivity index (χ1) is 5.65. The minimum Gasteiger partial charge on any atom is -0.206 e. The lowest BCUT2D eigenvalue weighted by Crippen LogP contribution is -1.86. The second kappa shape index (κ2) is 4.06. The molecule has 0 aliphatic carbocycles. The maximum absolute atomic E-state index is 12.9. The number of benzene rings is 1. The average molecular weight is 250 g/mol. The van der Waals surface area contributed by atoms with Crippen molar-refractivity contribution in [1.29, 1.82) is 0 Å². The number of rotatable bonds is 2. The first kappa shape index (κ1) is 9.75. The van der Waals surface area contributed by atoms with Crippen LogP contribution in [0.2, 0.25) is 0 Å². The highest BCUT2D eigenvalue weighted by Gasteiger charge is 2.02. The fourth-order valence-corrected chi connectivity index (χ4v) is 1.19. The van der Waals surface area contributed by atoms with E-state index in [1.54, 1.807) is 12.1 Å². The predicted octanol–water partition coefficient (Wildman–Crippen LogP) is 3.84. The summed E-state index contributed by atoms with van der Waals surface area (Å²) < 4.78 is 13.4. The highest BCUT2D eigenvalue weighted by molar-refractivity contribution is 9.10. The van der Waals surface area contributed by atoms with Crippen LogP contribution in [0.4, 0.5) is 4.39 Å². The molecule has 0 saturated carbocycles. The van der Waals surface area contributed by atoms with Gasteiger partial charge in [-0.2, -0.15) is 0 Å². The molecule has 3 heteroatoms. The third kappa shape index (κ3) is 2.08. The van der Waals surface area contributed by atoms with Gasteiger partial charge in [-0.15, -0.1) is 11.6 Å². The number of allylic oxidation sites excluding steroid dienone is 1. The minimum absolute atomic E-state index is 0.293. The topological polar surface area (TPSA) is 0 Å². The summed E-state index contributed by atoms with van der Waals surface area (Å²) in [5, 5.41) is 0. The smallest absolute Gasteiger partial charge is 0.137 e. The third-order valence-electron chi connectivity index (χ3n) is 1.49. The summed E-state index contributed by atoms with van der Waals surface area (Å²) in [6.07, 6.45) is 0. The van der Waals surface area contributed by atoms with Crippen molar-refractivity contribution in [3.8, 4) is 0 Å². The third-order valence-corrected chi connectivity index (χ3v) is 2.45. The minimum atomic E-state index is -0.293. The molecule has 0 fully saturated rings. The SMILES string of the molecule is C=C(CCl)c1ccc(Br)c(F)c1. The molecule has 0 radical (unpaired) electrons. The van der Waals surface area contributed by atoms with Crippen molar-refractivity contribution >= 4 is 33.1 Å². The van der Waals surface area contributed by atoms with Crippen LogP contribution in [-0.4, -0.2) is 5.88 Å². The summed E-state index contributed by atoms with van der Waals surface area (Å²) in [6, 6.07) is 4.83. The van der Waals surface area contributed by atoms with Gasteiger partial charge in [-0.1, -0.05) is 12.6 Å². The van der Waals surface area contributed by atoms with Crippen molar-refractivity contribution in [3.05, 3.63) is 40.6 Å². The molecule has 1 aromatic rings. The molecular formula is C9H7BrClF. The molecule has 1 rings (SSSR count). The Labute approximate surface area is 84.2 Å². The molecule has 12 heavy (non-hydrogen) atoms. The lowest BCUT2D eigenvalue weighted by molar-refractivity contribution is 0.620. The molecule has 64 valence electrons. The molecule has 0 unspecified atom stereocenters. The Hall–Kier alpha value is -0.340. The highest BCUT2D eigenvalue weighted by Crippen LogP contribution is 2.20. The zero-order chi connectivity index (χ0) is 9.14. The van der Waals surface area contributed by atoms with Gasteiger partial charge in [0.25, 0.3) is 0 Å². The van der Waals surface area contributed by atoms with E-state index >= 15 is 0 Å². The lowest BCUT2D eigenvalue weighted by Gasteiger charge is -2.02. The Balaban J connectivity index is 3.05. The number of hydrogen-bond donors (Lipinski definition) is 0. The van der Waals surface area contributed by atoms with E-state index in [1.165, 1.54) is 6.07 Å². The molecule has 1 aromatic carbocycles. The average Bonchev–Trinajstić information content (AvgIpc) is 2.08. The van der Waals surface area contributed by atoms with E-state index < -0.39 is 0 Å². The van der Waals surface area contributed by atoms with Crippen molar-refractivity contribution in [3.63, 3.8) is 0 Å². The molecule has 0 aromatic heterocycles. The van der Waals surface area contributed by atoms with Crippen LogP contribution in [-0.2, 0) is 0 Å². The first-order valence-corrected chi connectivity index (χ1v) is 4.67. The van der Waals surface area contributed by atoms with Gasteiger partial charge in [-0.05, 0) is 39.2 Å². The number of hydrogen-bond acceptors (Lipinski definition) is 0. The van der Waals surface area contributed by atoms with Gasteiger partial charge in [0.05, 0.1) is 4.47 Å².